The first kappa shape index (κ1) is 15.4. The lowest BCUT2D eigenvalue weighted by Crippen LogP contribution is -2.35. The molecule has 1 saturated carbocycles. The molecule has 1 N–H and O–H groups in total. The number of hydrogen-bond acceptors (Lipinski definition) is 2. The maximum atomic E-state index is 5.70. The molecule has 1 fully saturated rings. The Hall–Kier alpha value is -1.02. The molecular weight excluding hydrogens is 246 g/mol. The molecule has 1 aromatic rings. The van der Waals surface area contributed by atoms with E-state index < -0.39 is 0 Å². The van der Waals surface area contributed by atoms with Gasteiger partial charge in [-0.25, -0.2) is 0 Å². The van der Waals surface area contributed by atoms with Crippen molar-refractivity contribution in [2.24, 2.45) is 5.41 Å². The fourth-order valence-corrected chi connectivity index (χ4v) is 3.85. The molecule has 0 bridgehead atoms. The zero-order valence-electron chi connectivity index (χ0n) is 13.7. The second kappa shape index (κ2) is 6.17. The summed E-state index contributed by atoms with van der Waals surface area (Å²) in [5.74, 6) is 1.04. The lowest BCUT2D eigenvalue weighted by atomic mass is 9.75. The second-order valence-electron chi connectivity index (χ2n) is 6.55. The van der Waals surface area contributed by atoms with E-state index in [4.69, 9.17) is 4.74 Å². The molecule has 0 saturated heterocycles. The molecule has 0 spiro atoms. The molecule has 112 valence electrons. The van der Waals surface area contributed by atoms with Crippen molar-refractivity contribution in [3.63, 3.8) is 0 Å². The molecule has 2 heteroatoms. The number of methoxy groups -OCH3 is 1. The largest absolute Gasteiger partial charge is 0.496 e. The molecule has 0 radical (unpaired) electrons. The predicted molar refractivity (Wildman–Crippen MR) is 85.5 cm³/mol. The van der Waals surface area contributed by atoms with Crippen LogP contribution in [-0.2, 0) is 0 Å². The van der Waals surface area contributed by atoms with Gasteiger partial charge in [0.15, 0.2) is 0 Å². The van der Waals surface area contributed by atoms with Crippen molar-refractivity contribution >= 4 is 0 Å². The van der Waals surface area contributed by atoms with Crippen LogP contribution in [0.25, 0.3) is 0 Å². The highest BCUT2D eigenvalue weighted by Gasteiger charge is 2.39. The topological polar surface area (TPSA) is 21.3 Å². The maximum absolute atomic E-state index is 5.70. The van der Waals surface area contributed by atoms with Gasteiger partial charge in [0.05, 0.1) is 7.11 Å². The van der Waals surface area contributed by atoms with E-state index >= 15 is 0 Å². The van der Waals surface area contributed by atoms with E-state index in [0.717, 1.165) is 12.3 Å². The van der Waals surface area contributed by atoms with Crippen molar-refractivity contribution in [1.82, 2.24) is 5.32 Å². The first-order valence-corrected chi connectivity index (χ1v) is 7.90. The molecule has 2 nitrogen and oxygen atoms in total. The van der Waals surface area contributed by atoms with Crippen LogP contribution in [0.5, 0.6) is 5.75 Å². The SMILES string of the molecule is CCNC(c1c(C)cc(C)cc1OC)C1(C)CCCC1. The summed E-state index contributed by atoms with van der Waals surface area (Å²) in [5, 5.41) is 3.74. The Morgan fingerprint density at radius 3 is 2.45 bits per heavy atom. The highest BCUT2D eigenvalue weighted by molar-refractivity contribution is 5.46. The Labute approximate surface area is 123 Å². The summed E-state index contributed by atoms with van der Waals surface area (Å²) in [6.07, 6.45) is 5.32. The third-order valence-corrected chi connectivity index (χ3v) is 4.85. The number of hydrogen-bond donors (Lipinski definition) is 1. The number of aryl methyl sites for hydroxylation is 2. The number of nitrogens with one attached hydrogen (secondary N) is 1. The van der Waals surface area contributed by atoms with Crippen molar-refractivity contribution in [1.29, 1.82) is 0 Å². The molecule has 1 aliphatic carbocycles. The average molecular weight is 275 g/mol. The van der Waals surface area contributed by atoms with Crippen LogP contribution in [0.3, 0.4) is 0 Å². The third-order valence-electron chi connectivity index (χ3n) is 4.85. The van der Waals surface area contributed by atoms with Crippen LogP contribution in [-0.4, -0.2) is 13.7 Å². The van der Waals surface area contributed by atoms with Gasteiger partial charge in [0.2, 0.25) is 0 Å². The van der Waals surface area contributed by atoms with E-state index in [1.807, 2.05) is 0 Å². The Bertz CT molecular complexity index is 461. The standard InChI is InChI=1S/C18H29NO/c1-6-19-17(18(4)9-7-8-10-18)16-14(3)11-13(2)12-15(16)20-5/h11-12,17,19H,6-10H2,1-5H3. The summed E-state index contributed by atoms with van der Waals surface area (Å²) < 4.78 is 5.70. The fourth-order valence-electron chi connectivity index (χ4n) is 3.85. The summed E-state index contributed by atoms with van der Waals surface area (Å²) in [6.45, 7) is 9.98. The van der Waals surface area contributed by atoms with E-state index in [-0.39, 0.29) is 0 Å². The third kappa shape index (κ3) is 2.85. The molecule has 1 aromatic carbocycles. The van der Waals surface area contributed by atoms with Gasteiger partial charge < -0.3 is 10.1 Å². The minimum Gasteiger partial charge on any atom is -0.496 e. The van der Waals surface area contributed by atoms with Crippen molar-refractivity contribution in [3.8, 4) is 5.75 Å². The van der Waals surface area contributed by atoms with Crippen LogP contribution >= 0.6 is 0 Å². The second-order valence-corrected chi connectivity index (χ2v) is 6.55. The lowest BCUT2D eigenvalue weighted by Gasteiger charge is -2.37. The smallest absolute Gasteiger partial charge is 0.124 e. The van der Waals surface area contributed by atoms with Gasteiger partial charge in [0.25, 0.3) is 0 Å². The van der Waals surface area contributed by atoms with E-state index in [1.54, 1.807) is 7.11 Å². The molecule has 1 atom stereocenters. The highest BCUT2D eigenvalue weighted by Crippen LogP contribution is 2.49. The van der Waals surface area contributed by atoms with Gasteiger partial charge in [0.1, 0.15) is 5.75 Å². The van der Waals surface area contributed by atoms with Crippen molar-refractivity contribution < 1.29 is 4.74 Å². The minimum atomic E-state index is 0.351. The lowest BCUT2D eigenvalue weighted by molar-refractivity contribution is 0.220. The molecule has 0 aromatic heterocycles. The van der Waals surface area contributed by atoms with E-state index in [0.29, 0.717) is 11.5 Å². The molecule has 0 amide bonds. The van der Waals surface area contributed by atoms with Crippen LogP contribution in [0.1, 0.15) is 62.3 Å². The quantitative estimate of drug-likeness (QED) is 0.851. The van der Waals surface area contributed by atoms with Gasteiger partial charge >= 0.3 is 0 Å². The van der Waals surface area contributed by atoms with Crippen LogP contribution in [0, 0.1) is 19.3 Å². The van der Waals surface area contributed by atoms with E-state index in [9.17, 15) is 0 Å². The summed E-state index contributed by atoms with van der Waals surface area (Å²) >= 11 is 0. The summed E-state index contributed by atoms with van der Waals surface area (Å²) in [5.41, 5.74) is 4.34. The van der Waals surface area contributed by atoms with Crippen molar-refractivity contribution in [2.75, 3.05) is 13.7 Å². The first-order chi connectivity index (χ1) is 9.51. The summed E-state index contributed by atoms with van der Waals surface area (Å²) in [6, 6.07) is 4.84. The van der Waals surface area contributed by atoms with Gasteiger partial charge in [-0.05, 0) is 55.8 Å². The average Bonchev–Trinajstić information content (AvgIpc) is 2.84. The highest BCUT2D eigenvalue weighted by atomic mass is 16.5. The Balaban J connectivity index is 2.48. The molecular formula is C18H29NO. The number of ether oxygens (including phenoxy) is 1. The first-order valence-electron chi connectivity index (χ1n) is 7.90. The number of rotatable bonds is 5. The van der Waals surface area contributed by atoms with Gasteiger partial charge in [-0.1, -0.05) is 32.8 Å². The fraction of sp³-hybridized carbons (Fsp3) is 0.667. The molecule has 1 unspecified atom stereocenters. The van der Waals surface area contributed by atoms with Crippen molar-refractivity contribution in [3.05, 3.63) is 28.8 Å². The molecule has 20 heavy (non-hydrogen) atoms. The molecule has 2 rings (SSSR count). The Morgan fingerprint density at radius 1 is 1.25 bits per heavy atom. The zero-order chi connectivity index (χ0) is 14.8. The van der Waals surface area contributed by atoms with Crippen LogP contribution in [0.15, 0.2) is 12.1 Å². The van der Waals surface area contributed by atoms with E-state index in [2.05, 4.69) is 45.1 Å². The zero-order valence-corrected chi connectivity index (χ0v) is 13.7. The van der Waals surface area contributed by atoms with Gasteiger partial charge in [0, 0.05) is 11.6 Å². The Kier molecular flexibility index (Phi) is 4.74. The predicted octanol–water partition coefficient (Wildman–Crippen LogP) is 4.54. The molecule has 1 aliphatic rings. The molecule has 0 aliphatic heterocycles. The van der Waals surface area contributed by atoms with Gasteiger partial charge in [-0.2, -0.15) is 0 Å². The normalized spacial score (nSPS) is 19.1. The van der Waals surface area contributed by atoms with Crippen LogP contribution < -0.4 is 10.1 Å². The monoisotopic (exact) mass is 275 g/mol. The van der Waals surface area contributed by atoms with Crippen LogP contribution in [0.2, 0.25) is 0 Å². The van der Waals surface area contributed by atoms with Crippen molar-refractivity contribution in [2.45, 2.75) is 59.4 Å². The van der Waals surface area contributed by atoms with E-state index in [1.165, 1.54) is 42.4 Å². The minimum absolute atomic E-state index is 0.351. The number of benzene rings is 1. The molecule has 0 heterocycles. The maximum Gasteiger partial charge on any atom is 0.124 e. The Morgan fingerprint density at radius 2 is 1.90 bits per heavy atom. The summed E-state index contributed by atoms with van der Waals surface area (Å²) in [7, 11) is 1.79. The van der Waals surface area contributed by atoms with Gasteiger partial charge in [-0.3, -0.25) is 0 Å². The summed E-state index contributed by atoms with van der Waals surface area (Å²) in [4.78, 5) is 0. The van der Waals surface area contributed by atoms with Crippen LogP contribution in [0.4, 0.5) is 0 Å². The van der Waals surface area contributed by atoms with Gasteiger partial charge in [-0.15, -0.1) is 0 Å².